The molecule has 0 aliphatic heterocycles. The maximum atomic E-state index is 11.8. The lowest BCUT2D eigenvalue weighted by molar-refractivity contribution is -0.118. The normalized spacial score (nSPS) is 17.0. The predicted octanol–water partition coefficient (Wildman–Crippen LogP) is 2.65. The molecule has 0 saturated carbocycles. The number of carbonyl (C=O) groups excluding carboxylic acids is 1. The monoisotopic (exact) mass is 195 g/mol. The van der Waals surface area contributed by atoms with Crippen molar-refractivity contribution >= 4 is 5.91 Å². The van der Waals surface area contributed by atoms with Crippen LogP contribution < -0.4 is 5.32 Å². The highest BCUT2D eigenvalue weighted by Crippen LogP contribution is 2.31. The standard InChI is InChI=1S/C12H21NO/c1-8(2)10-6-5-7-11(10)12(14)13-9(3)4/h8-9H,5-7H2,1-4H3,(H,13,14). The summed E-state index contributed by atoms with van der Waals surface area (Å²) in [4.78, 5) is 11.8. The minimum absolute atomic E-state index is 0.154. The van der Waals surface area contributed by atoms with Gasteiger partial charge in [0.1, 0.15) is 0 Å². The van der Waals surface area contributed by atoms with Crippen molar-refractivity contribution in [2.24, 2.45) is 5.92 Å². The summed E-state index contributed by atoms with van der Waals surface area (Å²) < 4.78 is 0. The summed E-state index contributed by atoms with van der Waals surface area (Å²) in [5, 5.41) is 2.97. The molecule has 0 atom stereocenters. The highest BCUT2D eigenvalue weighted by Gasteiger charge is 2.22. The van der Waals surface area contributed by atoms with E-state index in [1.165, 1.54) is 5.57 Å². The van der Waals surface area contributed by atoms with E-state index in [-0.39, 0.29) is 11.9 Å². The second kappa shape index (κ2) is 4.63. The summed E-state index contributed by atoms with van der Waals surface area (Å²) in [5.74, 6) is 0.673. The Kier molecular flexibility index (Phi) is 3.73. The van der Waals surface area contributed by atoms with Crippen LogP contribution in [0.1, 0.15) is 47.0 Å². The molecule has 0 spiro atoms. The van der Waals surface area contributed by atoms with Crippen LogP contribution in [0, 0.1) is 5.92 Å². The van der Waals surface area contributed by atoms with Gasteiger partial charge < -0.3 is 5.32 Å². The van der Waals surface area contributed by atoms with Crippen LogP contribution in [0.15, 0.2) is 11.1 Å². The van der Waals surface area contributed by atoms with Crippen LogP contribution in [0.4, 0.5) is 0 Å². The second-order valence-corrected chi connectivity index (χ2v) is 4.64. The summed E-state index contributed by atoms with van der Waals surface area (Å²) in [6, 6.07) is 0.240. The molecule has 0 aromatic rings. The van der Waals surface area contributed by atoms with E-state index >= 15 is 0 Å². The van der Waals surface area contributed by atoms with E-state index in [1.54, 1.807) is 0 Å². The number of allylic oxidation sites excluding steroid dienone is 1. The molecular formula is C12H21NO. The van der Waals surface area contributed by atoms with Crippen LogP contribution in [0.2, 0.25) is 0 Å². The quantitative estimate of drug-likeness (QED) is 0.737. The van der Waals surface area contributed by atoms with Gasteiger partial charge in [0.25, 0.3) is 0 Å². The van der Waals surface area contributed by atoms with Gasteiger partial charge in [0.05, 0.1) is 0 Å². The van der Waals surface area contributed by atoms with Gasteiger partial charge in [-0.25, -0.2) is 0 Å². The van der Waals surface area contributed by atoms with Gasteiger partial charge >= 0.3 is 0 Å². The van der Waals surface area contributed by atoms with Crippen LogP contribution in [0.5, 0.6) is 0 Å². The maximum absolute atomic E-state index is 11.8. The molecule has 1 aliphatic rings. The number of amides is 1. The van der Waals surface area contributed by atoms with Crippen LogP contribution in [-0.2, 0) is 4.79 Å². The summed E-state index contributed by atoms with van der Waals surface area (Å²) in [5.41, 5.74) is 2.41. The third kappa shape index (κ3) is 2.60. The zero-order valence-corrected chi connectivity index (χ0v) is 9.68. The number of carbonyl (C=O) groups is 1. The summed E-state index contributed by atoms with van der Waals surface area (Å²) in [7, 11) is 0. The van der Waals surface area contributed by atoms with Gasteiger partial charge in [0.2, 0.25) is 5.91 Å². The van der Waals surface area contributed by atoms with Crippen molar-refractivity contribution in [1.82, 2.24) is 5.32 Å². The molecule has 1 amide bonds. The number of hydrogen-bond acceptors (Lipinski definition) is 1. The van der Waals surface area contributed by atoms with E-state index in [0.717, 1.165) is 24.8 Å². The Hall–Kier alpha value is -0.790. The Labute approximate surface area is 86.8 Å². The van der Waals surface area contributed by atoms with Crippen molar-refractivity contribution in [3.8, 4) is 0 Å². The fourth-order valence-corrected chi connectivity index (χ4v) is 2.01. The van der Waals surface area contributed by atoms with Gasteiger partial charge in [-0.3, -0.25) is 4.79 Å². The molecule has 80 valence electrons. The molecular weight excluding hydrogens is 174 g/mol. The van der Waals surface area contributed by atoms with Gasteiger partial charge in [-0.15, -0.1) is 0 Å². The molecule has 1 rings (SSSR count). The lowest BCUT2D eigenvalue weighted by Crippen LogP contribution is -2.31. The first-order chi connectivity index (χ1) is 6.52. The first kappa shape index (κ1) is 11.3. The predicted molar refractivity (Wildman–Crippen MR) is 59.0 cm³/mol. The molecule has 0 bridgehead atoms. The largest absolute Gasteiger partial charge is 0.350 e. The molecule has 0 saturated heterocycles. The van der Waals surface area contributed by atoms with E-state index in [9.17, 15) is 4.79 Å². The first-order valence-electron chi connectivity index (χ1n) is 5.55. The van der Waals surface area contributed by atoms with Crippen molar-refractivity contribution < 1.29 is 4.79 Å². The third-order valence-corrected chi connectivity index (χ3v) is 2.65. The second-order valence-electron chi connectivity index (χ2n) is 4.64. The zero-order valence-electron chi connectivity index (χ0n) is 9.68. The molecule has 2 nitrogen and oxygen atoms in total. The lowest BCUT2D eigenvalue weighted by Gasteiger charge is -2.13. The van der Waals surface area contributed by atoms with Gasteiger partial charge in [0.15, 0.2) is 0 Å². The summed E-state index contributed by atoms with van der Waals surface area (Å²) in [6.45, 7) is 8.34. The number of nitrogens with one attached hydrogen (secondary N) is 1. The Bertz CT molecular complexity index is 251. The Morgan fingerprint density at radius 3 is 2.36 bits per heavy atom. The van der Waals surface area contributed by atoms with Crippen molar-refractivity contribution in [3.63, 3.8) is 0 Å². The fourth-order valence-electron chi connectivity index (χ4n) is 2.01. The minimum Gasteiger partial charge on any atom is -0.350 e. The minimum atomic E-state index is 0.154. The fraction of sp³-hybridized carbons (Fsp3) is 0.750. The van der Waals surface area contributed by atoms with Crippen LogP contribution >= 0.6 is 0 Å². The Morgan fingerprint density at radius 2 is 1.86 bits per heavy atom. The lowest BCUT2D eigenvalue weighted by atomic mass is 9.99. The topological polar surface area (TPSA) is 29.1 Å². The van der Waals surface area contributed by atoms with Gasteiger partial charge in [-0.1, -0.05) is 19.4 Å². The number of hydrogen-bond donors (Lipinski definition) is 1. The highest BCUT2D eigenvalue weighted by molar-refractivity contribution is 5.94. The van der Waals surface area contributed by atoms with E-state index in [2.05, 4.69) is 19.2 Å². The molecule has 0 fully saturated rings. The smallest absolute Gasteiger partial charge is 0.247 e. The van der Waals surface area contributed by atoms with Crippen molar-refractivity contribution in [1.29, 1.82) is 0 Å². The summed E-state index contributed by atoms with van der Waals surface area (Å²) >= 11 is 0. The van der Waals surface area contributed by atoms with Crippen LogP contribution in [0.3, 0.4) is 0 Å². The zero-order chi connectivity index (χ0) is 10.7. The molecule has 0 aromatic heterocycles. The van der Waals surface area contributed by atoms with E-state index in [1.807, 2.05) is 13.8 Å². The number of rotatable bonds is 3. The molecule has 2 heteroatoms. The molecule has 0 radical (unpaired) electrons. The van der Waals surface area contributed by atoms with Gasteiger partial charge in [-0.05, 0) is 39.0 Å². The molecule has 1 N–H and O–H groups in total. The van der Waals surface area contributed by atoms with E-state index in [4.69, 9.17) is 0 Å². The summed E-state index contributed by atoms with van der Waals surface area (Å²) in [6.07, 6.45) is 3.22. The Balaban J connectivity index is 2.74. The Morgan fingerprint density at radius 1 is 1.21 bits per heavy atom. The third-order valence-electron chi connectivity index (χ3n) is 2.65. The molecule has 0 aromatic carbocycles. The molecule has 1 aliphatic carbocycles. The van der Waals surface area contributed by atoms with Crippen LogP contribution in [-0.4, -0.2) is 11.9 Å². The van der Waals surface area contributed by atoms with E-state index in [0.29, 0.717) is 5.92 Å². The molecule has 0 heterocycles. The van der Waals surface area contributed by atoms with Crippen LogP contribution in [0.25, 0.3) is 0 Å². The van der Waals surface area contributed by atoms with Gasteiger partial charge in [-0.2, -0.15) is 0 Å². The van der Waals surface area contributed by atoms with Crippen molar-refractivity contribution in [2.75, 3.05) is 0 Å². The highest BCUT2D eigenvalue weighted by atomic mass is 16.1. The average molecular weight is 195 g/mol. The van der Waals surface area contributed by atoms with Crippen molar-refractivity contribution in [3.05, 3.63) is 11.1 Å². The average Bonchev–Trinajstić information content (AvgIpc) is 2.49. The SMILES string of the molecule is CC(C)NC(=O)C1=C(C(C)C)CCC1. The molecule has 0 unspecified atom stereocenters. The van der Waals surface area contributed by atoms with E-state index < -0.39 is 0 Å². The maximum Gasteiger partial charge on any atom is 0.247 e. The molecule has 14 heavy (non-hydrogen) atoms. The first-order valence-corrected chi connectivity index (χ1v) is 5.55. The van der Waals surface area contributed by atoms with Gasteiger partial charge in [0, 0.05) is 11.6 Å². The van der Waals surface area contributed by atoms with Crippen molar-refractivity contribution in [2.45, 2.75) is 53.0 Å².